The third kappa shape index (κ3) is 3.34. The van der Waals surface area contributed by atoms with E-state index >= 15 is 0 Å². The fraction of sp³-hybridized carbons (Fsp3) is 0.353. The minimum Gasteiger partial charge on any atom is -0.467 e. The summed E-state index contributed by atoms with van der Waals surface area (Å²) >= 11 is 0. The number of carbonyl (C=O) groups is 1. The van der Waals surface area contributed by atoms with Crippen molar-refractivity contribution in [3.05, 3.63) is 59.5 Å². The van der Waals surface area contributed by atoms with Gasteiger partial charge in [0.25, 0.3) is 5.91 Å². The number of furan rings is 1. The second kappa shape index (κ2) is 6.14. The highest BCUT2D eigenvalue weighted by molar-refractivity contribution is 5.94. The van der Waals surface area contributed by atoms with Gasteiger partial charge in [0.15, 0.2) is 0 Å². The molecule has 1 aromatic carbocycles. The largest absolute Gasteiger partial charge is 0.467 e. The first-order valence-corrected chi connectivity index (χ1v) is 7.09. The summed E-state index contributed by atoms with van der Waals surface area (Å²) in [5.74, 6) is 0.463. The molecule has 1 heterocycles. The summed E-state index contributed by atoms with van der Waals surface area (Å²) in [4.78, 5) is 12.3. The van der Waals surface area contributed by atoms with Crippen LogP contribution in [0.2, 0.25) is 0 Å². The van der Waals surface area contributed by atoms with E-state index in [-0.39, 0.29) is 17.4 Å². The molecule has 112 valence electrons. The van der Waals surface area contributed by atoms with Crippen LogP contribution in [0.5, 0.6) is 0 Å². The van der Waals surface area contributed by atoms with Crippen LogP contribution in [0.25, 0.3) is 0 Å². The van der Waals surface area contributed by atoms with Crippen molar-refractivity contribution < 1.29 is 9.21 Å². The molecule has 0 aliphatic rings. The smallest absolute Gasteiger partial charge is 0.254 e. The van der Waals surface area contributed by atoms with E-state index in [1.807, 2.05) is 25.1 Å². The van der Waals surface area contributed by atoms with Crippen LogP contribution in [-0.4, -0.2) is 11.9 Å². The molecule has 4 heteroatoms. The molecule has 0 aliphatic heterocycles. The minimum absolute atomic E-state index is 0.0244. The van der Waals surface area contributed by atoms with Crippen molar-refractivity contribution in [1.29, 1.82) is 0 Å². The van der Waals surface area contributed by atoms with E-state index in [1.54, 1.807) is 6.07 Å². The number of rotatable bonds is 5. The predicted molar refractivity (Wildman–Crippen MR) is 83.0 cm³/mol. The van der Waals surface area contributed by atoms with Gasteiger partial charge in [-0.05, 0) is 18.6 Å². The van der Waals surface area contributed by atoms with Gasteiger partial charge >= 0.3 is 0 Å². The van der Waals surface area contributed by atoms with Gasteiger partial charge in [0.05, 0.1) is 12.1 Å². The second-order valence-electron chi connectivity index (χ2n) is 5.79. The fourth-order valence-electron chi connectivity index (χ4n) is 2.18. The molecule has 0 bridgehead atoms. The predicted octanol–water partition coefficient (Wildman–Crippen LogP) is 2.83. The zero-order valence-corrected chi connectivity index (χ0v) is 12.7. The average Bonchev–Trinajstić information content (AvgIpc) is 2.97. The molecule has 0 radical (unpaired) electrons. The molecule has 2 rings (SSSR count). The van der Waals surface area contributed by atoms with Gasteiger partial charge in [0.1, 0.15) is 12.0 Å². The van der Waals surface area contributed by atoms with Gasteiger partial charge in [-0.3, -0.25) is 4.79 Å². The molecule has 2 aromatic rings. The molecule has 1 unspecified atom stereocenters. The van der Waals surface area contributed by atoms with Crippen molar-refractivity contribution in [3.8, 4) is 0 Å². The molecule has 0 spiro atoms. The SMILES string of the molecule is CC(NC(=O)c1coc(CN)c1)C(C)(C)c1ccccc1. The van der Waals surface area contributed by atoms with E-state index in [0.29, 0.717) is 17.9 Å². The summed E-state index contributed by atoms with van der Waals surface area (Å²) in [7, 11) is 0. The van der Waals surface area contributed by atoms with E-state index in [0.717, 1.165) is 0 Å². The zero-order valence-electron chi connectivity index (χ0n) is 12.7. The number of hydrogen-bond donors (Lipinski definition) is 2. The first-order valence-electron chi connectivity index (χ1n) is 7.09. The Hall–Kier alpha value is -2.07. The number of amides is 1. The standard InChI is InChI=1S/C17H22N2O2/c1-12(17(2,3)14-7-5-4-6-8-14)19-16(20)13-9-15(10-18)21-11-13/h4-9,11-12H,10,18H2,1-3H3,(H,19,20). The van der Waals surface area contributed by atoms with Gasteiger partial charge in [-0.2, -0.15) is 0 Å². The number of hydrogen-bond acceptors (Lipinski definition) is 3. The van der Waals surface area contributed by atoms with Crippen LogP contribution < -0.4 is 11.1 Å². The molecule has 0 saturated heterocycles. The van der Waals surface area contributed by atoms with Crippen molar-refractivity contribution in [2.45, 2.75) is 38.8 Å². The maximum absolute atomic E-state index is 12.3. The first kappa shape index (κ1) is 15.3. The number of carbonyl (C=O) groups excluding carboxylic acids is 1. The highest BCUT2D eigenvalue weighted by atomic mass is 16.3. The van der Waals surface area contributed by atoms with Crippen LogP contribution in [0.3, 0.4) is 0 Å². The molecule has 0 fully saturated rings. The molecule has 1 amide bonds. The quantitative estimate of drug-likeness (QED) is 0.888. The van der Waals surface area contributed by atoms with Gasteiger partial charge in [-0.1, -0.05) is 44.2 Å². The van der Waals surface area contributed by atoms with E-state index in [2.05, 4.69) is 31.3 Å². The molecular weight excluding hydrogens is 264 g/mol. The van der Waals surface area contributed by atoms with Crippen LogP contribution >= 0.6 is 0 Å². The maximum Gasteiger partial charge on any atom is 0.254 e. The highest BCUT2D eigenvalue weighted by Gasteiger charge is 2.29. The van der Waals surface area contributed by atoms with Crippen LogP contribution in [0.4, 0.5) is 0 Å². The number of benzene rings is 1. The van der Waals surface area contributed by atoms with Gasteiger partial charge in [0, 0.05) is 11.5 Å². The summed E-state index contributed by atoms with van der Waals surface area (Å²) in [5, 5.41) is 3.03. The van der Waals surface area contributed by atoms with E-state index in [9.17, 15) is 4.79 Å². The third-order valence-corrected chi connectivity index (χ3v) is 4.07. The van der Waals surface area contributed by atoms with Crippen LogP contribution in [-0.2, 0) is 12.0 Å². The van der Waals surface area contributed by atoms with Crippen LogP contribution in [0, 0.1) is 0 Å². The normalized spacial score (nSPS) is 13.0. The lowest BCUT2D eigenvalue weighted by Crippen LogP contribution is -2.45. The Bertz CT molecular complexity index is 602. The summed E-state index contributed by atoms with van der Waals surface area (Å²) in [6.07, 6.45) is 1.44. The van der Waals surface area contributed by atoms with Gasteiger partial charge in [-0.25, -0.2) is 0 Å². The van der Waals surface area contributed by atoms with Crippen LogP contribution in [0.15, 0.2) is 47.1 Å². The zero-order chi connectivity index (χ0) is 15.5. The Morgan fingerprint density at radius 2 is 2.00 bits per heavy atom. The third-order valence-electron chi connectivity index (χ3n) is 4.07. The molecular formula is C17H22N2O2. The molecule has 3 N–H and O–H groups in total. The second-order valence-corrected chi connectivity index (χ2v) is 5.79. The Kier molecular flexibility index (Phi) is 4.48. The van der Waals surface area contributed by atoms with Gasteiger partial charge in [0.2, 0.25) is 0 Å². The summed E-state index contributed by atoms with van der Waals surface area (Å²) < 4.78 is 5.20. The Labute approximate surface area is 125 Å². The maximum atomic E-state index is 12.3. The van der Waals surface area contributed by atoms with Crippen molar-refractivity contribution in [3.63, 3.8) is 0 Å². The average molecular weight is 286 g/mol. The lowest BCUT2D eigenvalue weighted by Gasteiger charge is -2.33. The van der Waals surface area contributed by atoms with Crippen LogP contribution in [0.1, 0.15) is 42.5 Å². The number of nitrogens with one attached hydrogen (secondary N) is 1. The lowest BCUT2D eigenvalue weighted by atomic mass is 9.78. The Balaban J connectivity index is 2.10. The molecule has 21 heavy (non-hydrogen) atoms. The monoisotopic (exact) mass is 286 g/mol. The lowest BCUT2D eigenvalue weighted by molar-refractivity contribution is 0.0923. The molecule has 0 saturated carbocycles. The van der Waals surface area contributed by atoms with Gasteiger partial charge in [-0.15, -0.1) is 0 Å². The van der Waals surface area contributed by atoms with Crippen molar-refractivity contribution in [2.75, 3.05) is 0 Å². The summed E-state index contributed by atoms with van der Waals surface area (Å²) in [6.45, 7) is 6.54. The van der Waals surface area contributed by atoms with E-state index in [4.69, 9.17) is 10.2 Å². The topological polar surface area (TPSA) is 68.3 Å². The Morgan fingerprint density at radius 3 is 2.57 bits per heavy atom. The molecule has 1 aromatic heterocycles. The van der Waals surface area contributed by atoms with E-state index in [1.165, 1.54) is 11.8 Å². The molecule has 4 nitrogen and oxygen atoms in total. The van der Waals surface area contributed by atoms with Crippen molar-refractivity contribution >= 4 is 5.91 Å². The van der Waals surface area contributed by atoms with Crippen molar-refractivity contribution in [1.82, 2.24) is 5.32 Å². The highest BCUT2D eigenvalue weighted by Crippen LogP contribution is 2.27. The van der Waals surface area contributed by atoms with E-state index < -0.39 is 0 Å². The molecule has 0 aliphatic carbocycles. The summed E-state index contributed by atoms with van der Waals surface area (Å²) in [5.41, 5.74) is 7.01. The number of nitrogens with two attached hydrogens (primary N) is 1. The Morgan fingerprint density at radius 1 is 1.33 bits per heavy atom. The molecule has 1 atom stereocenters. The first-order chi connectivity index (χ1) is 9.95. The fourth-order valence-corrected chi connectivity index (χ4v) is 2.18. The minimum atomic E-state index is -0.169. The van der Waals surface area contributed by atoms with Crippen molar-refractivity contribution in [2.24, 2.45) is 5.73 Å². The summed E-state index contributed by atoms with van der Waals surface area (Å²) in [6, 6.07) is 11.8. The van der Waals surface area contributed by atoms with Gasteiger partial charge < -0.3 is 15.5 Å².